The Bertz CT molecular complexity index is 2250. The molecule has 8 heterocycles. The first kappa shape index (κ1) is 67.9. The fourth-order valence-corrected chi connectivity index (χ4v) is 10.6. The van der Waals surface area contributed by atoms with Crippen LogP contribution in [0.4, 0.5) is 0 Å². The van der Waals surface area contributed by atoms with Gasteiger partial charge in [-0.15, -0.1) is 0 Å². The highest BCUT2D eigenvalue weighted by Crippen LogP contribution is 2.28. The van der Waals surface area contributed by atoms with E-state index in [2.05, 4.69) is 31.9 Å². The van der Waals surface area contributed by atoms with E-state index in [4.69, 9.17) is 47.4 Å². The molecule has 2 N–H and O–H groups in total. The Balaban J connectivity index is 0.000000253. The minimum Gasteiger partial charge on any atom is -0.400 e. The Labute approximate surface area is 501 Å². The van der Waals surface area contributed by atoms with Crippen LogP contribution >= 0.6 is 0 Å². The van der Waals surface area contributed by atoms with Crippen molar-refractivity contribution in [3.05, 3.63) is 12.3 Å². The van der Waals surface area contributed by atoms with Crippen molar-refractivity contribution < 1.29 is 95.3 Å². The maximum Gasteiger partial charge on any atom is 0.566 e. The molecule has 8 aliphatic heterocycles. The van der Waals surface area contributed by atoms with E-state index in [1.54, 1.807) is 13.8 Å². The lowest BCUT2D eigenvalue weighted by atomic mass is 10.1. The second-order valence-electron chi connectivity index (χ2n) is 22.4. The molecule has 8 fully saturated rings. The fraction of sp³-hybridized carbons (Fsp3) is 0.786. The average molecular weight is 1220 g/mol. The summed E-state index contributed by atoms with van der Waals surface area (Å²) in [6.45, 7) is 18.4. The number of Topliss-reactive ketones (excluding diaryl/α,β-unsaturated/α-hetero) is 3. The van der Waals surface area contributed by atoms with Crippen molar-refractivity contribution in [2.45, 2.75) is 89.7 Å². The molecule has 0 aromatic carbocycles. The lowest BCUT2D eigenvalue weighted by Gasteiger charge is -2.36. The van der Waals surface area contributed by atoms with Crippen LogP contribution in [-0.2, 0) is 95.3 Å². The first-order valence-electron chi connectivity index (χ1n) is 30.2. The van der Waals surface area contributed by atoms with Crippen molar-refractivity contribution in [1.29, 1.82) is 0 Å². The molecule has 30 nitrogen and oxygen atoms in total. The van der Waals surface area contributed by atoms with Gasteiger partial charge in [-0.1, -0.05) is 20.4 Å². The highest BCUT2D eigenvalue weighted by atomic mass is 17.0. The predicted molar refractivity (Wildman–Crippen MR) is 298 cm³/mol. The number of nitrogens with zero attached hydrogens (tertiary/aromatic N) is 8. The first-order valence-corrected chi connectivity index (χ1v) is 30.2. The summed E-state index contributed by atoms with van der Waals surface area (Å²) in [7, 11) is 0. The minimum atomic E-state index is -2.78. The third-order valence-corrected chi connectivity index (χ3v) is 15.5. The number of amides is 2. The molecule has 0 aliphatic carbocycles. The minimum absolute atomic E-state index is 0.00620. The second-order valence-corrected chi connectivity index (χ2v) is 22.4. The molecule has 10 bridgehead atoms. The van der Waals surface area contributed by atoms with E-state index < -0.39 is 60.3 Å². The van der Waals surface area contributed by atoms with E-state index in [0.717, 1.165) is 0 Å². The molecule has 0 radical (unpaired) electrons. The Morgan fingerprint density at radius 1 is 0.430 bits per heavy atom. The van der Waals surface area contributed by atoms with Crippen LogP contribution in [0.3, 0.4) is 0 Å². The third kappa shape index (κ3) is 23.5. The molecule has 482 valence electrons. The zero-order chi connectivity index (χ0) is 61.5. The van der Waals surface area contributed by atoms with Gasteiger partial charge in [-0.25, -0.2) is 0 Å². The summed E-state index contributed by atoms with van der Waals surface area (Å²) in [6, 6.07) is 0. The van der Waals surface area contributed by atoms with Gasteiger partial charge in [0, 0.05) is 182 Å². The second kappa shape index (κ2) is 34.2. The van der Waals surface area contributed by atoms with Gasteiger partial charge in [-0.2, -0.15) is 0 Å². The number of ketones is 3. The molecular weight excluding hydrogens is 1130 g/mol. The van der Waals surface area contributed by atoms with Crippen LogP contribution in [0.25, 0.3) is 0 Å². The number of rotatable bonds is 21. The van der Waals surface area contributed by atoms with Crippen LogP contribution in [0.1, 0.15) is 65.2 Å². The van der Waals surface area contributed by atoms with E-state index >= 15 is 0 Å². The molecule has 8 saturated heterocycles. The summed E-state index contributed by atoms with van der Waals surface area (Å²) in [5, 5.41) is 5.57. The monoisotopic (exact) mass is 1220 g/mol. The summed E-state index contributed by atoms with van der Waals surface area (Å²) in [4.78, 5) is 142. The largest absolute Gasteiger partial charge is 0.566 e. The molecule has 8 aliphatic rings. The Hall–Kier alpha value is -5.64. The van der Waals surface area contributed by atoms with Crippen LogP contribution in [0.15, 0.2) is 12.3 Å². The standard InChI is InChI=1S/C31H49N5O12.C25H39N5O8/c1-2-24(37)23-44-17-16-43-15-3-4-25(38)5-6-27(39)32-18-26-19-33-7-9-34-11-13-36-14-12-35(10-8-33)21-29(41)47-31(45-26,46-28(40)20-34)48-30(42)22-36;1-3-20(31)4-5-22(32)26-14-21-16-28-8-12-29-10-6-27-7-11-30(13-9-28)18-24(34)38-25(36-21,35-19(2)15-27)37-23(33)17-29/h26H,2-23H2,1H3,(H,32,39);21H,2-18H2,1H3,(H,26,32). The fourth-order valence-electron chi connectivity index (χ4n) is 10.6. The van der Waals surface area contributed by atoms with E-state index in [1.807, 2.05) is 24.5 Å². The van der Waals surface area contributed by atoms with Gasteiger partial charge < -0.3 is 48.5 Å². The van der Waals surface area contributed by atoms with E-state index in [1.165, 1.54) is 0 Å². The van der Waals surface area contributed by atoms with Gasteiger partial charge in [0.2, 0.25) is 11.8 Å². The number of ether oxygens (including phenoxy) is 10. The molecule has 6 unspecified atom stereocenters. The molecular formula is C56H88N10O20. The number of carbonyl (C=O) groups is 10. The smallest absolute Gasteiger partial charge is 0.400 e. The SMILES string of the molecule is C=C1CN2CCN3CCN4CCN(CC2)CC(=O)OC(O1)(OC(=O)C3)OC(CNC(=O)CCC(=O)CC)C4.CCC(=O)COCCOCCCC(=O)CCC(=O)NCC1CN2CCN3CCN4CCN(CC2)CC(=O)OC(OC(=O)C4)(OC(=O)C3)O1. The molecule has 2 spiro atoms. The molecule has 2 amide bonds. The lowest BCUT2D eigenvalue weighted by Crippen LogP contribution is -2.54. The van der Waals surface area contributed by atoms with Crippen LogP contribution in [0.5, 0.6) is 0 Å². The van der Waals surface area contributed by atoms with Gasteiger partial charge in [-0.3, -0.25) is 96.6 Å². The van der Waals surface area contributed by atoms with Crippen molar-refractivity contribution in [3.63, 3.8) is 0 Å². The molecule has 6 atom stereocenters. The molecule has 86 heavy (non-hydrogen) atoms. The number of carbonyl (C=O) groups excluding carboxylic acids is 10. The topological polar surface area (TPSA) is 313 Å². The predicted octanol–water partition coefficient (Wildman–Crippen LogP) is -3.13. The lowest BCUT2D eigenvalue weighted by molar-refractivity contribution is -0.465. The number of nitrogens with one attached hydrogen (secondary N) is 2. The number of hydrogen-bond donors (Lipinski definition) is 2. The zero-order valence-electron chi connectivity index (χ0n) is 50.0. The summed E-state index contributed by atoms with van der Waals surface area (Å²) < 4.78 is 56.8. The van der Waals surface area contributed by atoms with Crippen molar-refractivity contribution in [3.8, 4) is 0 Å². The van der Waals surface area contributed by atoms with Gasteiger partial charge in [0.15, 0.2) is 5.78 Å². The Kier molecular flexibility index (Phi) is 27.0. The van der Waals surface area contributed by atoms with Crippen LogP contribution in [-0.4, -0.2) is 319 Å². The van der Waals surface area contributed by atoms with Crippen molar-refractivity contribution in [2.75, 3.05) is 197 Å². The molecule has 0 saturated carbocycles. The summed E-state index contributed by atoms with van der Waals surface area (Å²) >= 11 is 0. The van der Waals surface area contributed by atoms with Crippen molar-refractivity contribution >= 4 is 59.0 Å². The summed E-state index contributed by atoms with van der Waals surface area (Å²) in [5.41, 5.74) is 0. The van der Waals surface area contributed by atoms with Crippen molar-refractivity contribution in [1.82, 2.24) is 49.8 Å². The van der Waals surface area contributed by atoms with E-state index in [9.17, 15) is 47.9 Å². The molecule has 0 aromatic rings. The summed E-state index contributed by atoms with van der Waals surface area (Å²) in [6.07, 6.45) is -5.23. The number of hydrogen-bond acceptors (Lipinski definition) is 28. The van der Waals surface area contributed by atoms with E-state index in [-0.39, 0.29) is 120 Å². The quantitative estimate of drug-likeness (QED) is 0.0848. The maximum absolute atomic E-state index is 13.1. The van der Waals surface area contributed by atoms with Crippen molar-refractivity contribution in [2.24, 2.45) is 0 Å². The van der Waals surface area contributed by atoms with E-state index in [0.29, 0.717) is 157 Å². The average Bonchev–Trinajstić information content (AvgIpc) is 1.88. The highest BCUT2D eigenvalue weighted by Gasteiger charge is 2.52. The summed E-state index contributed by atoms with van der Waals surface area (Å²) in [5.74, 6) is -4.28. The first-order chi connectivity index (χ1) is 41.3. The maximum atomic E-state index is 13.1. The van der Waals surface area contributed by atoms with Gasteiger partial charge in [0.05, 0.1) is 64.7 Å². The van der Waals surface area contributed by atoms with Crippen LogP contribution in [0, 0.1) is 0 Å². The highest BCUT2D eigenvalue weighted by molar-refractivity contribution is 5.85. The van der Waals surface area contributed by atoms with Gasteiger partial charge in [0.1, 0.15) is 23.9 Å². The number of esters is 5. The molecule has 0 aromatic heterocycles. The molecule has 30 heteroatoms. The third-order valence-electron chi connectivity index (χ3n) is 15.5. The van der Waals surface area contributed by atoms with Gasteiger partial charge >= 0.3 is 42.2 Å². The Morgan fingerprint density at radius 2 is 0.767 bits per heavy atom. The van der Waals surface area contributed by atoms with Crippen LogP contribution < -0.4 is 10.6 Å². The normalized spacial score (nSPS) is 31.7. The zero-order valence-corrected chi connectivity index (χ0v) is 50.0. The van der Waals surface area contributed by atoms with Crippen LogP contribution in [0.2, 0.25) is 0 Å². The van der Waals surface area contributed by atoms with Gasteiger partial charge in [0.25, 0.3) is 0 Å². The van der Waals surface area contributed by atoms with Gasteiger partial charge in [-0.05, 0) is 6.42 Å². The number of fused-ring (bicyclic) bond motifs is 24. The Morgan fingerprint density at radius 3 is 1.15 bits per heavy atom. The molecule has 8 rings (SSSR count).